The van der Waals surface area contributed by atoms with Gasteiger partial charge >= 0.3 is 12.2 Å². The fourth-order valence-corrected chi connectivity index (χ4v) is 1.15. The maximum absolute atomic E-state index is 11.3. The highest BCUT2D eigenvalue weighted by Gasteiger charge is 2.15. The molecule has 1 rings (SSSR count). The van der Waals surface area contributed by atoms with E-state index in [1.54, 1.807) is 13.8 Å². The number of ether oxygens (including phenoxy) is 2. The molecule has 0 atom stereocenters. The van der Waals surface area contributed by atoms with Crippen LogP contribution < -0.4 is 16.4 Å². The summed E-state index contributed by atoms with van der Waals surface area (Å²) in [6.07, 6.45) is -0.295. The Labute approximate surface area is 109 Å². The van der Waals surface area contributed by atoms with Gasteiger partial charge in [0.1, 0.15) is 12.0 Å². The molecule has 0 aliphatic rings. The van der Waals surface area contributed by atoms with E-state index in [-0.39, 0.29) is 30.5 Å². The first kappa shape index (κ1) is 14.5. The second-order valence-corrected chi connectivity index (χ2v) is 3.17. The van der Waals surface area contributed by atoms with Crippen LogP contribution in [0.25, 0.3) is 0 Å². The predicted octanol–water partition coefficient (Wildman–Crippen LogP) is 1.20. The van der Waals surface area contributed by atoms with Crippen LogP contribution in [0.3, 0.4) is 0 Å². The van der Waals surface area contributed by atoms with Gasteiger partial charge in [0.2, 0.25) is 0 Å². The normalized spacial score (nSPS) is 9.58. The van der Waals surface area contributed by atoms with E-state index in [0.717, 1.165) is 6.33 Å². The summed E-state index contributed by atoms with van der Waals surface area (Å²) in [6.45, 7) is 3.71. The summed E-state index contributed by atoms with van der Waals surface area (Å²) >= 11 is 0. The summed E-state index contributed by atoms with van der Waals surface area (Å²) in [5.41, 5.74) is 5.65. The molecule has 0 unspecified atom stereocenters. The van der Waals surface area contributed by atoms with E-state index in [4.69, 9.17) is 15.2 Å². The number of nitrogens with zero attached hydrogens (tertiary/aromatic N) is 2. The summed E-state index contributed by atoms with van der Waals surface area (Å²) in [4.78, 5) is 30.2. The number of nitrogens with one attached hydrogen (secondary N) is 2. The third kappa shape index (κ3) is 4.30. The molecule has 19 heavy (non-hydrogen) atoms. The van der Waals surface area contributed by atoms with Crippen molar-refractivity contribution in [3.63, 3.8) is 0 Å². The second kappa shape index (κ2) is 6.99. The summed E-state index contributed by atoms with van der Waals surface area (Å²) in [7, 11) is 0. The number of carbonyl (C=O) groups is 2. The van der Waals surface area contributed by atoms with Crippen molar-refractivity contribution in [1.29, 1.82) is 0 Å². The van der Waals surface area contributed by atoms with Crippen LogP contribution in [0, 0.1) is 0 Å². The molecule has 0 spiro atoms. The lowest BCUT2D eigenvalue weighted by Gasteiger charge is -2.12. The SMILES string of the molecule is CCOC(=O)Nc1ncnc(N)c1NC(=O)OCC. The van der Waals surface area contributed by atoms with Crippen LogP contribution in [0.4, 0.5) is 26.9 Å². The van der Waals surface area contributed by atoms with E-state index in [9.17, 15) is 9.59 Å². The molecule has 0 aromatic carbocycles. The van der Waals surface area contributed by atoms with Crippen molar-refractivity contribution in [2.24, 2.45) is 0 Å². The number of hydrogen-bond acceptors (Lipinski definition) is 7. The topological polar surface area (TPSA) is 128 Å². The largest absolute Gasteiger partial charge is 0.450 e. The Morgan fingerprint density at radius 3 is 2.32 bits per heavy atom. The first-order valence-electron chi connectivity index (χ1n) is 5.56. The lowest BCUT2D eigenvalue weighted by Crippen LogP contribution is -2.20. The molecule has 0 saturated heterocycles. The van der Waals surface area contributed by atoms with Gasteiger partial charge in [0.05, 0.1) is 13.2 Å². The fourth-order valence-electron chi connectivity index (χ4n) is 1.15. The maximum atomic E-state index is 11.3. The molecule has 0 radical (unpaired) electrons. The van der Waals surface area contributed by atoms with E-state index in [0.29, 0.717) is 0 Å². The minimum Gasteiger partial charge on any atom is -0.450 e. The van der Waals surface area contributed by atoms with E-state index < -0.39 is 12.2 Å². The summed E-state index contributed by atoms with van der Waals surface area (Å²) in [6, 6.07) is 0. The molecular formula is C10H15N5O4. The van der Waals surface area contributed by atoms with E-state index >= 15 is 0 Å². The van der Waals surface area contributed by atoms with Gasteiger partial charge in [-0.1, -0.05) is 0 Å². The van der Waals surface area contributed by atoms with Gasteiger partial charge in [-0.25, -0.2) is 19.6 Å². The van der Waals surface area contributed by atoms with Crippen LogP contribution >= 0.6 is 0 Å². The highest BCUT2D eigenvalue weighted by Crippen LogP contribution is 2.24. The number of nitrogens with two attached hydrogens (primary N) is 1. The summed E-state index contributed by atoms with van der Waals surface area (Å²) < 4.78 is 9.40. The van der Waals surface area contributed by atoms with Crippen LogP contribution in [0.5, 0.6) is 0 Å². The van der Waals surface area contributed by atoms with Gasteiger partial charge in [-0.2, -0.15) is 0 Å². The highest BCUT2D eigenvalue weighted by atomic mass is 16.6. The molecule has 104 valence electrons. The Morgan fingerprint density at radius 1 is 1.16 bits per heavy atom. The van der Waals surface area contributed by atoms with Crippen molar-refractivity contribution < 1.29 is 19.1 Å². The first-order chi connectivity index (χ1) is 9.08. The van der Waals surface area contributed by atoms with E-state index in [1.165, 1.54) is 0 Å². The van der Waals surface area contributed by atoms with Crippen molar-refractivity contribution in [1.82, 2.24) is 9.97 Å². The predicted molar refractivity (Wildman–Crippen MR) is 67.7 cm³/mol. The van der Waals surface area contributed by atoms with Crippen molar-refractivity contribution in [2.75, 3.05) is 29.6 Å². The van der Waals surface area contributed by atoms with Gasteiger partial charge < -0.3 is 15.2 Å². The highest BCUT2D eigenvalue weighted by molar-refractivity contribution is 5.97. The Morgan fingerprint density at radius 2 is 1.74 bits per heavy atom. The zero-order valence-corrected chi connectivity index (χ0v) is 10.6. The minimum atomic E-state index is -0.726. The quantitative estimate of drug-likeness (QED) is 0.748. The van der Waals surface area contributed by atoms with E-state index in [2.05, 4.69) is 20.6 Å². The van der Waals surface area contributed by atoms with Crippen LogP contribution in [0.2, 0.25) is 0 Å². The third-order valence-electron chi connectivity index (χ3n) is 1.87. The van der Waals surface area contributed by atoms with Gasteiger partial charge in [0.15, 0.2) is 11.6 Å². The Hall–Kier alpha value is -2.58. The lowest BCUT2D eigenvalue weighted by molar-refractivity contribution is 0.166. The van der Waals surface area contributed by atoms with Gasteiger partial charge in [-0.3, -0.25) is 10.6 Å². The molecule has 1 heterocycles. The van der Waals surface area contributed by atoms with Crippen LogP contribution in [0.1, 0.15) is 13.8 Å². The van der Waals surface area contributed by atoms with Crippen molar-refractivity contribution in [2.45, 2.75) is 13.8 Å². The molecule has 9 nitrogen and oxygen atoms in total. The molecule has 0 saturated carbocycles. The second-order valence-electron chi connectivity index (χ2n) is 3.17. The molecule has 1 aromatic heterocycles. The van der Waals surface area contributed by atoms with Crippen LogP contribution in [0.15, 0.2) is 6.33 Å². The molecule has 2 amide bonds. The van der Waals surface area contributed by atoms with Gasteiger partial charge in [0, 0.05) is 0 Å². The molecule has 0 aliphatic carbocycles. The smallest absolute Gasteiger partial charge is 0.412 e. The van der Waals surface area contributed by atoms with Gasteiger partial charge in [-0.05, 0) is 13.8 Å². The molecule has 9 heteroatoms. The number of amides is 2. The number of hydrogen-bond donors (Lipinski definition) is 3. The van der Waals surface area contributed by atoms with E-state index in [1.807, 2.05) is 0 Å². The number of rotatable bonds is 4. The molecule has 0 aliphatic heterocycles. The standard InChI is InChI=1S/C10H15N5O4/c1-3-18-9(16)14-6-7(11)12-5-13-8(6)15-10(17)19-4-2/h5H,3-4H2,1-2H3,(H,14,16)(H3,11,12,13,15,17). The van der Waals surface area contributed by atoms with Crippen molar-refractivity contribution in [3.8, 4) is 0 Å². The Bertz CT molecular complexity index is 465. The summed E-state index contributed by atoms with van der Waals surface area (Å²) in [5, 5.41) is 4.68. The van der Waals surface area contributed by atoms with Crippen LogP contribution in [-0.4, -0.2) is 35.4 Å². The molecule has 0 bridgehead atoms. The number of carbonyl (C=O) groups excluding carboxylic acids is 2. The summed E-state index contributed by atoms with van der Waals surface area (Å²) in [5.74, 6) is 0.0221. The van der Waals surface area contributed by atoms with Crippen molar-refractivity contribution >= 4 is 29.5 Å². The molecular weight excluding hydrogens is 254 g/mol. The molecule has 0 fully saturated rings. The van der Waals surface area contributed by atoms with Gasteiger partial charge in [-0.15, -0.1) is 0 Å². The van der Waals surface area contributed by atoms with Crippen LogP contribution in [-0.2, 0) is 9.47 Å². The average molecular weight is 269 g/mol. The Balaban J connectivity index is 2.88. The zero-order chi connectivity index (χ0) is 14.3. The molecule has 1 aromatic rings. The number of nitrogen functional groups attached to an aromatic ring is 1. The number of aromatic nitrogens is 2. The lowest BCUT2D eigenvalue weighted by atomic mass is 10.4. The average Bonchev–Trinajstić information content (AvgIpc) is 2.34. The molecule has 4 N–H and O–H groups in total. The van der Waals surface area contributed by atoms with Crippen molar-refractivity contribution in [3.05, 3.63) is 6.33 Å². The first-order valence-corrected chi connectivity index (χ1v) is 5.56. The third-order valence-corrected chi connectivity index (χ3v) is 1.87. The minimum absolute atomic E-state index is 0.00477. The zero-order valence-electron chi connectivity index (χ0n) is 10.6. The van der Waals surface area contributed by atoms with Gasteiger partial charge in [0.25, 0.3) is 0 Å². The fraction of sp³-hybridized carbons (Fsp3) is 0.400. The number of anilines is 3. The monoisotopic (exact) mass is 269 g/mol. The Kier molecular flexibility index (Phi) is 5.33. The maximum Gasteiger partial charge on any atom is 0.412 e.